The Bertz CT molecular complexity index is 1250. The Morgan fingerprint density at radius 3 is 2.31 bits per heavy atom. The number of rotatable bonds is 5. The van der Waals surface area contributed by atoms with Gasteiger partial charge in [-0.15, -0.1) is 0 Å². The molecule has 0 spiro atoms. The van der Waals surface area contributed by atoms with E-state index in [2.05, 4.69) is 5.10 Å². The Labute approximate surface area is 174 Å². The summed E-state index contributed by atoms with van der Waals surface area (Å²) in [6, 6.07) is 24.5. The zero-order valence-corrected chi connectivity index (χ0v) is 17.1. The molecular formula is C22H17ClN2O3S. The summed E-state index contributed by atoms with van der Waals surface area (Å²) in [7, 11) is -4.06. The Balaban J connectivity index is 1.81. The molecule has 0 aliphatic carbocycles. The van der Waals surface area contributed by atoms with Crippen molar-refractivity contribution in [2.75, 3.05) is 0 Å². The first-order valence-corrected chi connectivity index (χ1v) is 10.6. The minimum Gasteiger partial charge on any atom is -0.358 e. The van der Waals surface area contributed by atoms with Gasteiger partial charge in [-0.2, -0.15) is 18.2 Å². The number of halogens is 1. The quantitative estimate of drug-likeness (QED) is 0.409. The third-order valence-corrected chi connectivity index (χ3v) is 5.78. The van der Waals surface area contributed by atoms with Crippen molar-refractivity contribution in [3.8, 4) is 22.8 Å². The molecule has 0 aliphatic rings. The lowest BCUT2D eigenvalue weighted by Crippen LogP contribution is -2.12. The van der Waals surface area contributed by atoms with E-state index in [0.717, 1.165) is 11.1 Å². The van der Waals surface area contributed by atoms with E-state index in [1.165, 1.54) is 28.9 Å². The molecule has 7 heteroatoms. The predicted octanol–water partition coefficient (Wildman–Crippen LogP) is 5.27. The smallest absolute Gasteiger partial charge is 0.340 e. The predicted molar refractivity (Wildman–Crippen MR) is 113 cm³/mol. The molecule has 0 fully saturated rings. The lowest BCUT2D eigenvalue weighted by molar-refractivity contribution is 0.465. The third-order valence-electron chi connectivity index (χ3n) is 4.29. The molecule has 0 unspecified atom stereocenters. The van der Waals surface area contributed by atoms with Gasteiger partial charge in [-0.05, 0) is 48.9 Å². The summed E-state index contributed by atoms with van der Waals surface area (Å²) in [5.41, 5.74) is 3.18. The summed E-state index contributed by atoms with van der Waals surface area (Å²) in [5, 5.41) is 5.03. The van der Waals surface area contributed by atoms with Crippen molar-refractivity contribution < 1.29 is 12.6 Å². The molecule has 0 radical (unpaired) electrons. The van der Waals surface area contributed by atoms with E-state index < -0.39 is 10.1 Å². The molecule has 0 bridgehead atoms. The summed E-state index contributed by atoms with van der Waals surface area (Å²) in [6.45, 7) is 1.95. The average molecular weight is 425 g/mol. The van der Waals surface area contributed by atoms with E-state index in [1.54, 1.807) is 6.07 Å². The van der Waals surface area contributed by atoms with Crippen LogP contribution in [0.2, 0.25) is 5.02 Å². The van der Waals surface area contributed by atoms with Crippen molar-refractivity contribution in [3.63, 3.8) is 0 Å². The Morgan fingerprint density at radius 1 is 0.897 bits per heavy atom. The number of aromatic nitrogens is 2. The van der Waals surface area contributed by atoms with Crippen molar-refractivity contribution in [3.05, 3.63) is 95.5 Å². The van der Waals surface area contributed by atoms with Gasteiger partial charge in [0.1, 0.15) is 4.90 Å². The number of hydrogen-bond donors (Lipinski definition) is 0. The fourth-order valence-corrected chi connectivity index (χ4v) is 3.91. The van der Waals surface area contributed by atoms with Crippen molar-refractivity contribution in [1.82, 2.24) is 9.78 Å². The normalized spacial score (nSPS) is 11.4. The molecule has 0 saturated carbocycles. The highest BCUT2D eigenvalue weighted by molar-refractivity contribution is 7.87. The van der Waals surface area contributed by atoms with Crippen LogP contribution in [0.4, 0.5) is 0 Å². The van der Waals surface area contributed by atoms with E-state index in [4.69, 9.17) is 15.8 Å². The standard InChI is InChI=1S/C22H17ClN2O3S/c1-16-6-5-9-19(14-16)25-22(15-21(24-25)17-7-3-2-4-8-17)28-29(26,27)20-12-10-18(23)11-13-20/h2-15H,1H3. The van der Waals surface area contributed by atoms with Gasteiger partial charge in [-0.1, -0.05) is 54.1 Å². The van der Waals surface area contributed by atoms with E-state index in [0.29, 0.717) is 16.4 Å². The summed E-state index contributed by atoms with van der Waals surface area (Å²) >= 11 is 5.86. The lowest BCUT2D eigenvalue weighted by atomic mass is 10.2. The lowest BCUT2D eigenvalue weighted by Gasteiger charge is -2.10. The minimum atomic E-state index is -4.06. The largest absolute Gasteiger partial charge is 0.358 e. The van der Waals surface area contributed by atoms with Crippen molar-refractivity contribution in [1.29, 1.82) is 0 Å². The second-order valence-electron chi connectivity index (χ2n) is 6.48. The SMILES string of the molecule is Cc1cccc(-n2nc(-c3ccccc3)cc2OS(=O)(=O)c2ccc(Cl)cc2)c1. The van der Waals surface area contributed by atoms with Crippen molar-refractivity contribution in [2.24, 2.45) is 0 Å². The number of hydrogen-bond acceptors (Lipinski definition) is 4. The zero-order valence-electron chi connectivity index (χ0n) is 15.5. The van der Waals surface area contributed by atoms with E-state index in [-0.39, 0.29) is 10.8 Å². The highest BCUT2D eigenvalue weighted by atomic mass is 35.5. The van der Waals surface area contributed by atoms with Crippen LogP contribution >= 0.6 is 11.6 Å². The third kappa shape index (κ3) is 4.18. The molecule has 0 saturated heterocycles. The van der Waals surface area contributed by atoms with Gasteiger partial charge in [-0.25, -0.2) is 0 Å². The van der Waals surface area contributed by atoms with Crippen LogP contribution in [-0.4, -0.2) is 18.2 Å². The van der Waals surface area contributed by atoms with Gasteiger partial charge in [0, 0.05) is 16.7 Å². The molecule has 0 atom stereocenters. The first-order chi connectivity index (χ1) is 13.9. The van der Waals surface area contributed by atoms with E-state index in [9.17, 15) is 8.42 Å². The Morgan fingerprint density at radius 2 is 1.62 bits per heavy atom. The summed E-state index contributed by atoms with van der Waals surface area (Å²) in [6.07, 6.45) is 0. The summed E-state index contributed by atoms with van der Waals surface area (Å²) in [5.74, 6) is 0.101. The van der Waals surface area contributed by atoms with Crippen LogP contribution < -0.4 is 4.18 Å². The van der Waals surface area contributed by atoms with Gasteiger partial charge in [0.25, 0.3) is 0 Å². The maximum Gasteiger partial charge on any atom is 0.340 e. The van der Waals surface area contributed by atoms with Gasteiger partial charge in [0.2, 0.25) is 5.88 Å². The number of aryl methyl sites for hydroxylation is 1. The average Bonchev–Trinajstić information content (AvgIpc) is 3.12. The molecule has 3 aromatic carbocycles. The molecule has 29 heavy (non-hydrogen) atoms. The second kappa shape index (κ2) is 7.73. The molecule has 4 aromatic rings. The highest BCUT2D eigenvalue weighted by Gasteiger charge is 2.21. The van der Waals surface area contributed by atoms with Crippen molar-refractivity contribution >= 4 is 21.7 Å². The monoisotopic (exact) mass is 424 g/mol. The second-order valence-corrected chi connectivity index (χ2v) is 8.46. The summed E-state index contributed by atoms with van der Waals surface area (Å²) < 4.78 is 32.6. The van der Waals surface area contributed by atoms with Crippen LogP contribution in [0.3, 0.4) is 0 Å². The molecule has 4 rings (SSSR count). The first-order valence-electron chi connectivity index (χ1n) is 8.85. The first kappa shape index (κ1) is 19.2. The molecule has 0 aliphatic heterocycles. The van der Waals surface area contributed by atoms with Gasteiger partial charge in [-0.3, -0.25) is 0 Å². The topological polar surface area (TPSA) is 61.2 Å². The minimum absolute atomic E-state index is 0.0140. The van der Waals surface area contributed by atoms with Crippen LogP contribution in [0.5, 0.6) is 5.88 Å². The van der Waals surface area contributed by atoms with Gasteiger partial charge < -0.3 is 4.18 Å². The zero-order chi connectivity index (χ0) is 20.4. The van der Waals surface area contributed by atoms with Crippen molar-refractivity contribution in [2.45, 2.75) is 11.8 Å². The molecule has 0 N–H and O–H groups in total. The van der Waals surface area contributed by atoms with Crippen LogP contribution in [0, 0.1) is 6.92 Å². The highest BCUT2D eigenvalue weighted by Crippen LogP contribution is 2.29. The molecule has 1 heterocycles. The maximum atomic E-state index is 12.8. The number of nitrogens with zero attached hydrogens (tertiary/aromatic N) is 2. The van der Waals surface area contributed by atoms with Crippen LogP contribution in [0.1, 0.15) is 5.56 Å². The van der Waals surface area contributed by atoms with E-state index >= 15 is 0 Å². The van der Waals surface area contributed by atoms with E-state index in [1.807, 2.05) is 61.5 Å². The number of benzene rings is 3. The maximum absolute atomic E-state index is 12.8. The van der Waals surface area contributed by atoms with Crippen LogP contribution in [0.15, 0.2) is 89.8 Å². The fourth-order valence-electron chi connectivity index (χ4n) is 2.88. The molecule has 146 valence electrons. The van der Waals surface area contributed by atoms with Gasteiger partial charge >= 0.3 is 10.1 Å². The molecule has 1 aromatic heterocycles. The van der Waals surface area contributed by atoms with Crippen LogP contribution in [-0.2, 0) is 10.1 Å². The van der Waals surface area contributed by atoms with Gasteiger partial charge in [0.05, 0.1) is 11.4 Å². The Kier molecular flexibility index (Phi) is 5.13. The molecular weight excluding hydrogens is 408 g/mol. The van der Waals surface area contributed by atoms with Gasteiger partial charge in [0.15, 0.2) is 0 Å². The molecule has 0 amide bonds. The fraction of sp³-hybridized carbons (Fsp3) is 0.0455. The Hall–Kier alpha value is -3.09. The van der Waals surface area contributed by atoms with Crippen LogP contribution in [0.25, 0.3) is 16.9 Å². The molecule has 5 nitrogen and oxygen atoms in total. The summed E-state index contributed by atoms with van der Waals surface area (Å²) in [4.78, 5) is 0.0140.